The maximum Gasteiger partial charge on any atom is 0.433 e. The molecule has 1 aliphatic heterocycles. The number of nitrogens with one attached hydrogen (secondary N) is 2. The molecule has 1 fully saturated rings. The Morgan fingerprint density at radius 3 is 2.74 bits per heavy atom. The SMILES string of the molecule is CN=C(NCCNc1nccc(C(F)(F)F)n1)N1CCC(CC(C)C)C1.I. The second kappa shape index (κ2) is 10.9. The zero-order chi connectivity index (χ0) is 19.2. The first-order chi connectivity index (χ1) is 12.3. The fraction of sp³-hybridized carbons (Fsp3) is 0.706. The minimum Gasteiger partial charge on any atom is -0.354 e. The highest BCUT2D eigenvalue weighted by molar-refractivity contribution is 14.0. The molecule has 0 aliphatic carbocycles. The Morgan fingerprint density at radius 1 is 1.37 bits per heavy atom. The molecule has 1 unspecified atom stereocenters. The normalized spacial score (nSPS) is 17.8. The number of aliphatic imine (C=N–C) groups is 1. The van der Waals surface area contributed by atoms with E-state index >= 15 is 0 Å². The van der Waals surface area contributed by atoms with Gasteiger partial charge in [0.2, 0.25) is 5.95 Å². The number of aromatic nitrogens is 2. The van der Waals surface area contributed by atoms with Gasteiger partial charge in [-0.05, 0) is 30.7 Å². The number of guanidine groups is 1. The zero-order valence-corrected chi connectivity index (χ0v) is 18.2. The van der Waals surface area contributed by atoms with E-state index in [1.165, 1.54) is 6.42 Å². The Morgan fingerprint density at radius 2 is 2.11 bits per heavy atom. The van der Waals surface area contributed by atoms with E-state index in [0.717, 1.165) is 37.7 Å². The van der Waals surface area contributed by atoms with Crippen LogP contribution in [0.4, 0.5) is 19.1 Å². The van der Waals surface area contributed by atoms with Gasteiger partial charge in [0.05, 0.1) is 0 Å². The van der Waals surface area contributed by atoms with E-state index in [9.17, 15) is 13.2 Å². The van der Waals surface area contributed by atoms with Crippen LogP contribution in [-0.2, 0) is 6.18 Å². The molecule has 2 heterocycles. The molecule has 0 spiro atoms. The molecule has 1 aromatic rings. The number of likely N-dealkylation sites (tertiary alicyclic amines) is 1. The maximum absolute atomic E-state index is 12.6. The predicted molar refractivity (Wildman–Crippen MR) is 111 cm³/mol. The molecule has 0 saturated carbocycles. The Balaban J connectivity index is 0.00000364. The Kier molecular flexibility index (Phi) is 9.54. The highest BCUT2D eigenvalue weighted by atomic mass is 127. The zero-order valence-electron chi connectivity index (χ0n) is 15.9. The van der Waals surface area contributed by atoms with Crippen molar-refractivity contribution in [2.24, 2.45) is 16.8 Å². The number of hydrogen-bond donors (Lipinski definition) is 2. The van der Waals surface area contributed by atoms with Gasteiger partial charge in [0, 0.05) is 39.4 Å². The average molecular weight is 500 g/mol. The number of nitrogens with zero attached hydrogens (tertiary/aromatic N) is 4. The monoisotopic (exact) mass is 500 g/mol. The van der Waals surface area contributed by atoms with Crippen LogP contribution in [-0.4, -0.2) is 54.1 Å². The number of anilines is 1. The molecule has 6 nitrogen and oxygen atoms in total. The van der Waals surface area contributed by atoms with E-state index in [4.69, 9.17) is 0 Å². The molecule has 0 bridgehead atoms. The summed E-state index contributed by atoms with van der Waals surface area (Å²) < 4.78 is 37.9. The number of halogens is 4. The first-order valence-electron chi connectivity index (χ1n) is 8.89. The summed E-state index contributed by atoms with van der Waals surface area (Å²) in [6.45, 7) is 7.33. The van der Waals surface area contributed by atoms with Crippen LogP contribution in [0.1, 0.15) is 32.4 Å². The molecule has 2 N–H and O–H groups in total. The molecule has 1 atom stereocenters. The molecule has 0 aromatic carbocycles. The topological polar surface area (TPSA) is 65.4 Å². The molecule has 1 aliphatic rings. The van der Waals surface area contributed by atoms with Crippen molar-refractivity contribution in [3.05, 3.63) is 18.0 Å². The van der Waals surface area contributed by atoms with Crippen molar-refractivity contribution in [1.82, 2.24) is 20.2 Å². The van der Waals surface area contributed by atoms with Crippen LogP contribution in [0.3, 0.4) is 0 Å². The quantitative estimate of drug-likeness (QED) is 0.271. The summed E-state index contributed by atoms with van der Waals surface area (Å²) in [5.41, 5.74) is -0.952. The third-order valence-corrected chi connectivity index (χ3v) is 4.24. The molecule has 154 valence electrons. The van der Waals surface area contributed by atoms with Crippen LogP contribution in [0.5, 0.6) is 0 Å². The lowest BCUT2D eigenvalue weighted by molar-refractivity contribution is -0.141. The molecular weight excluding hydrogens is 472 g/mol. The third-order valence-electron chi connectivity index (χ3n) is 4.24. The summed E-state index contributed by atoms with van der Waals surface area (Å²) in [5, 5.41) is 6.04. The number of hydrogen-bond acceptors (Lipinski definition) is 4. The van der Waals surface area contributed by atoms with Crippen molar-refractivity contribution in [2.45, 2.75) is 32.9 Å². The first-order valence-corrected chi connectivity index (χ1v) is 8.89. The molecule has 2 rings (SSSR count). The Bertz CT molecular complexity index is 609. The Hall–Kier alpha value is -1.33. The second-order valence-electron chi connectivity index (χ2n) is 6.89. The summed E-state index contributed by atoms with van der Waals surface area (Å²) in [6.07, 6.45) is -0.997. The van der Waals surface area contributed by atoms with Gasteiger partial charge in [-0.3, -0.25) is 4.99 Å². The summed E-state index contributed by atoms with van der Waals surface area (Å²) >= 11 is 0. The van der Waals surface area contributed by atoms with Crippen molar-refractivity contribution in [2.75, 3.05) is 38.5 Å². The molecule has 0 amide bonds. The van der Waals surface area contributed by atoms with Crippen molar-refractivity contribution < 1.29 is 13.2 Å². The lowest BCUT2D eigenvalue weighted by atomic mass is 9.97. The summed E-state index contributed by atoms with van der Waals surface area (Å²) in [7, 11) is 1.74. The summed E-state index contributed by atoms with van der Waals surface area (Å²) in [6, 6.07) is 0.853. The largest absolute Gasteiger partial charge is 0.433 e. The second-order valence-corrected chi connectivity index (χ2v) is 6.89. The van der Waals surface area contributed by atoms with Gasteiger partial charge in [-0.2, -0.15) is 13.2 Å². The molecule has 0 radical (unpaired) electrons. The molecule has 1 saturated heterocycles. The highest BCUT2D eigenvalue weighted by Gasteiger charge is 2.32. The van der Waals surface area contributed by atoms with Crippen molar-refractivity contribution in [3.8, 4) is 0 Å². The standard InChI is InChI=1S/C17H27F3N6.HI/c1-12(2)10-13-5-9-26(11-13)16(21-3)24-8-7-23-15-22-6-4-14(25-15)17(18,19)20;/h4,6,12-13H,5,7-11H2,1-3H3,(H,21,24)(H,22,23,25);1H. The fourth-order valence-electron chi connectivity index (χ4n) is 3.17. The van der Waals surface area contributed by atoms with Crippen LogP contribution in [0.15, 0.2) is 17.3 Å². The average Bonchev–Trinajstić information content (AvgIpc) is 3.02. The van der Waals surface area contributed by atoms with Crippen molar-refractivity contribution in [3.63, 3.8) is 0 Å². The fourth-order valence-corrected chi connectivity index (χ4v) is 3.17. The lowest BCUT2D eigenvalue weighted by Gasteiger charge is -2.22. The van der Waals surface area contributed by atoms with Gasteiger partial charge < -0.3 is 15.5 Å². The third kappa shape index (κ3) is 7.67. The maximum atomic E-state index is 12.6. The first kappa shape index (κ1) is 23.7. The van der Waals surface area contributed by atoms with Gasteiger partial charge in [0.25, 0.3) is 0 Å². The van der Waals surface area contributed by atoms with E-state index in [2.05, 4.69) is 44.3 Å². The van der Waals surface area contributed by atoms with Gasteiger partial charge in [-0.15, -0.1) is 24.0 Å². The molecule has 27 heavy (non-hydrogen) atoms. The molecular formula is C17H28F3IN6. The lowest BCUT2D eigenvalue weighted by Crippen LogP contribution is -2.42. The van der Waals surface area contributed by atoms with E-state index < -0.39 is 11.9 Å². The van der Waals surface area contributed by atoms with Crippen LogP contribution >= 0.6 is 24.0 Å². The minimum atomic E-state index is -4.47. The van der Waals surface area contributed by atoms with Crippen LogP contribution in [0.2, 0.25) is 0 Å². The highest BCUT2D eigenvalue weighted by Crippen LogP contribution is 2.27. The van der Waals surface area contributed by atoms with E-state index in [1.807, 2.05) is 0 Å². The molecule has 10 heteroatoms. The van der Waals surface area contributed by atoms with Crippen LogP contribution in [0, 0.1) is 11.8 Å². The number of alkyl halides is 3. The van der Waals surface area contributed by atoms with E-state index in [0.29, 0.717) is 24.9 Å². The Labute approximate surface area is 175 Å². The van der Waals surface area contributed by atoms with Crippen molar-refractivity contribution >= 4 is 35.9 Å². The predicted octanol–water partition coefficient (Wildman–Crippen LogP) is 3.47. The van der Waals surface area contributed by atoms with Gasteiger partial charge in [-0.25, -0.2) is 9.97 Å². The summed E-state index contributed by atoms with van der Waals surface area (Å²) in [4.78, 5) is 13.8. The van der Waals surface area contributed by atoms with Crippen molar-refractivity contribution in [1.29, 1.82) is 0 Å². The minimum absolute atomic E-state index is 0. The number of rotatable bonds is 6. The van der Waals surface area contributed by atoms with E-state index in [1.54, 1.807) is 7.05 Å². The van der Waals surface area contributed by atoms with Gasteiger partial charge >= 0.3 is 6.18 Å². The van der Waals surface area contributed by atoms with Gasteiger partial charge in [-0.1, -0.05) is 13.8 Å². The van der Waals surface area contributed by atoms with Gasteiger partial charge in [0.1, 0.15) is 5.69 Å². The van der Waals surface area contributed by atoms with E-state index in [-0.39, 0.29) is 29.9 Å². The van der Waals surface area contributed by atoms with Crippen LogP contribution in [0.25, 0.3) is 0 Å². The molecule has 1 aromatic heterocycles. The van der Waals surface area contributed by atoms with Crippen LogP contribution < -0.4 is 10.6 Å². The summed E-state index contributed by atoms with van der Waals surface area (Å²) in [5.74, 6) is 2.16. The van der Waals surface area contributed by atoms with Gasteiger partial charge in [0.15, 0.2) is 5.96 Å². The smallest absolute Gasteiger partial charge is 0.354 e.